The number of nitrogens with one attached hydrogen (secondary N) is 2. The summed E-state index contributed by atoms with van der Waals surface area (Å²) >= 11 is 3.44. The summed E-state index contributed by atoms with van der Waals surface area (Å²) in [7, 11) is 0. The standard InChI is InChI=1S/C13H15BrN2O2/c1-8-4-9(2-3-11(8)14)6-16-13(18)10-5-12(17)15-7-10/h2-4,10H,5-7H2,1H3,(H,15,17)(H,16,18). The average molecular weight is 311 g/mol. The molecule has 1 aliphatic rings. The van der Waals surface area contributed by atoms with Crippen molar-refractivity contribution in [2.45, 2.75) is 19.9 Å². The molecule has 0 spiro atoms. The van der Waals surface area contributed by atoms with Gasteiger partial charge in [-0.3, -0.25) is 9.59 Å². The van der Waals surface area contributed by atoms with Crippen molar-refractivity contribution in [1.82, 2.24) is 10.6 Å². The van der Waals surface area contributed by atoms with Gasteiger partial charge < -0.3 is 10.6 Å². The van der Waals surface area contributed by atoms with E-state index in [9.17, 15) is 9.59 Å². The van der Waals surface area contributed by atoms with Crippen LogP contribution in [-0.4, -0.2) is 18.4 Å². The summed E-state index contributed by atoms with van der Waals surface area (Å²) in [5.41, 5.74) is 2.20. The maximum atomic E-state index is 11.8. The Hall–Kier alpha value is -1.36. The van der Waals surface area contributed by atoms with Crippen LogP contribution in [0.1, 0.15) is 17.5 Å². The maximum Gasteiger partial charge on any atom is 0.225 e. The monoisotopic (exact) mass is 310 g/mol. The highest BCUT2D eigenvalue weighted by molar-refractivity contribution is 9.10. The van der Waals surface area contributed by atoms with Gasteiger partial charge in [0.25, 0.3) is 0 Å². The molecule has 1 unspecified atom stereocenters. The second-order valence-corrected chi connectivity index (χ2v) is 5.36. The molecule has 0 aromatic heterocycles. The lowest BCUT2D eigenvalue weighted by Gasteiger charge is -2.10. The van der Waals surface area contributed by atoms with E-state index in [-0.39, 0.29) is 17.7 Å². The molecule has 1 aliphatic heterocycles. The van der Waals surface area contributed by atoms with Crippen LogP contribution in [0, 0.1) is 12.8 Å². The van der Waals surface area contributed by atoms with Crippen LogP contribution in [0.3, 0.4) is 0 Å². The molecule has 2 N–H and O–H groups in total. The van der Waals surface area contributed by atoms with E-state index in [1.165, 1.54) is 0 Å². The van der Waals surface area contributed by atoms with Gasteiger partial charge in [-0.1, -0.05) is 28.1 Å². The third kappa shape index (κ3) is 3.10. The molecule has 96 valence electrons. The van der Waals surface area contributed by atoms with Gasteiger partial charge in [0.1, 0.15) is 0 Å². The van der Waals surface area contributed by atoms with Crippen molar-refractivity contribution in [3.63, 3.8) is 0 Å². The van der Waals surface area contributed by atoms with E-state index >= 15 is 0 Å². The predicted octanol–water partition coefficient (Wildman–Crippen LogP) is 1.51. The fraction of sp³-hybridized carbons (Fsp3) is 0.385. The van der Waals surface area contributed by atoms with Crippen LogP contribution in [-0.2, 0) is 16.1 Å². The molecule has 1 fully saturated rings. The lowest BCUT2D eigenvalue weighted by Crippen LogP contribution is -2.31. The van der Waals surface area contributed by atoms with Crippen molar-refractivity contribution in [3.8, 4) is 0 Å². The van der Waals surface area contributed by atoms with Crippen LogP contribution in [0.4, 0.5) is 0 Å². The number of amides is 2. The fourth-order valence-corrected chi connectivity index (χ4v) is 2.19. The summed E-state index contributed by atoms with van der Waals surface area (Å²) < 4.78 is 1.06. The van der Waals surface area contributed by atoms with Gasteiger partial charge in [-0.25, -0.2) is 0 Å². The smallest absolute Gasteiger partial charge is 0.225 e. The zero-order valence-corrected chi connectivity index (χ0v) is 11.7. The lowest BCUT2D eigenvalue weighted by atomic mass is 10.1. The van der Waals surface area contributed by atoms with Gasteiger partial charge in [0.15, 0.2) is 0 Å². The van der Waals surface area contributed by atoms with Crippen LogP contribution in [0.2, 0.25) is 0 Å². The van der Waals surface area contributed by atoms with Crippen molar-refractivity contribution < 1.29 is 9.59 Å². The minimum absolute atomic E-state index is 0.0466. The van der Waals surface area contributed by atoms with Gasteiger partial charge in [0.2, 0.25) is 11.8 Å². The second-order valence-electron chi connectivity index (χ2n) is 4.51. The molecule has 5 heteroatoms. The Morgan fingerprint density at radius 2 is 2.33 bits per heavy atom. The minimum atomic E-state index is -0.228. The summed E-state index contributed by atoms with van der Waals surface area (Å²) in [6.45, 7) is 2.95. The SMILES string of the molecule is Cc1cc(CNC(=O)C2CNC(=O)C2)ccc1Br. The molecule has 0 aliphatic carbocycles. The Morgan fingerprint density at radius 1 is 1.56 bits per heavy atom. The molecule has 1 aromatic rings. The first-order valence-corrected chi connectivity index (χ1v) is 6.65. The van der Waals surface area contributed by atoms with Crippen LogP contribution >= 0.6 is 15.9 Å². The Kier molecular flexibility index (Phi) is 4.01. The van der Waals surface area contributed by atoms with Crippen molar-refractivity contribution in [2.24, 2.45) is 5.92 Å². The van der Waals surface area contributed by atoms with Crippen molar-refractivity contribution in [3.05, 3.63) is 33.8 Å². The highest BCUT2D eigenvalue weighted by Gasteiger charge is 2.27. The largest absolute Gasteiger partial charge is 0.355 e. The molecule has 0 bridgehead atoms. The van der Waals surface area contributed by atoms with Crippen LogP contribution in [0.15, 0.2) is 22.7 Å². The van der Waals surface area contributed by atoms with E-state index < -0.39 is 0 Å². The minimum Gasteiger partial charge on any atom is -0.355 e. The maximum absolute atomic E-state index is 11.8. The number of hydrogen-bond donors (Lipinski definition) is 2. The third-order valence-electron chi connectivity index (χ3n) is 3.04. The summed E-state index contributed by atoms with van der Waals surface area (Å²) in [5.74, 6) is -0.336. The number of carbonyl (C=O) groups excluding carboxylic acids is 2. The zero-order valence-electron chi connectivity index (χ0n) is 10.1. The summed E-state index contributed by atoms with van der Waals surface area (Å²) in [6.07, 6.45) is 0.297. The first-order chi connectivity index (χ1) is 8.56. The molecule has 2 rings (SSSR count). The van der Waals surface area contributed by atoms with Crippen LogP contribution in [0.25, 0.3) is 0 Å². The van der Waals surface area contributed by atoms with E-state index in [1.54, 1.807) is 0 Å². The van der Waals surface area contributed by atoms with E-state index in [2.05, 4.69) is 26.6 Å². The molecule has 0 radical (unpaired) electrons. The number of carbonyl (C=O) groups is 2. The van der Waals surface area contributed by atoms with Gasteiger partial charge in [-0.15, -0.1) is 0 Å². The Balaban J connectivity index is 1.89. The average Bonchev–Trinajstić information content (AvgIpc) is 2.77. The Morgan fingerprint density at radius 3 is 2.94 bits per heavy atom. The van der Waals surface area contributed by atoms with Gasteiger partial charge >= 0.3 is 0 Å². The molecule has 18 heavy (non-hydrogen) atoms. The van der Waals surface area contributed by atoms with E-state index in [1.807, 2.05) is 25.1 Å². The van der Waals surface area contributed by atoms with Crippen molar-refractivity contribution in [2.75, 3.05) is 6.54 Å². The van der Waals surface area contributed by atoms with Gasteiger partial charge in [-0.05, 0) is 24.1 Å². The second kappa shape index (κ2) is 5.52. The molecule has 1 aromatic carbocycles. The summed E-state index contributed by atoms with van der Waals surface area (Å²) in [5, 5.41) is 5.52. The number of hydrogen-bond acceptors (Lipinski definition) is 2. The van der Waals surface area contributed by atoms with Crippen molar-refractivity contribution in [1.29, 1.82) is 0 Å². The van der Waals surface area contributed by atoms with E-state index in [0.29, 0.717) is 19.5 Å². The molecular weight excluding hydrogens is 296 g/mol. The molecule has 1 atom stereocenters. The van der Waals surface area contributed by atoms with Crippen molar-refractivity contribution >= 4 is 27.7 Å². The fourth-order valence-electron chi connectivity index (χ4n) is 1.94. The summed E-state index contributed by atoms with van der Waals surface area (Å²) in [6, 6.07) is 5.97. The van der Waals surface area contributed by atoms with Crippen LogP contribution in [0.5, 0.6) is 0 Å². The first-order valence-electron chi connectivity index (χ1n) is 5.85. The topological polar surface area (TPSA) is 58.2 Å². The number of halogens is 1. The summed E-state index contributed by atoms with van der Waals surface area (Å²) in [4.78, 5) is 22.8. The number of aryl methyl sites for hydroxylation is 1. The normalized spacial score (nSPS) is 18.6. The highest BCUT2D eigenvalue weighted by atomic mass is 79.9. The molecule has 1 heterocycles. The number of benzene rings is 1. The molecule has 2 amide bonds. The highest BCUT2D eigenvalue weighted by Crippen LogP contribution is 2.17. The third-order valence-corrected chi connectivity index (χ3v) is 3.93. The predicted molar refractivity (Wildman–Crippen MR) is 71.8 cm³/mol. The molecule has 4 nitrogen and oxygen atoms in total. The van der Waals surface area contributed by atoms with Gasteiger partial charge in [0, 0.05) is 24.0 Å². The Labute approximate surface area is 114 Å². The van der Waals surface area contributed by atoms with Gasteiger partial charge in [-0.2, -0.15) is 0 Å². The quantitative estimate of drug-likeness (QED) is 0.889. The zero-order chi connectivity index (χ0) is 13.1. The molecule has 1 saturated heterocycles. The molecular formula is C13H15BrN2O2. The van der Waals surface area contributed by atoms with Crippen LogP contribution < -0.4 is 10.6 Å². The van der Waals surface area contributed by atoms with Gasteiger partial charge in [0.05, 0.1) is 5.92 Å². The first kappa shape index (κ1) is 13.1. The van der Waals surface area contributed by atoms with E-state index in [0.717, 1.165) is 15.6 Å². The molecule has 0 saturated carbocycles. The Bertz CT molecular complexity index is 488. The number of rotatable bonds is 3. The lowest BCUT2D eigenvalue weighted by molar-refractivity contribution is -0.126. The van der Waals surface area contributed by atoms with E-state index in [4.69, 9.17) is 0 Å².